The Bertz CT molecular complexity index is 776. The lowest BCUT2D eigenvalue weighted by Crippen LogP contribution is -2.44. The van der Waals surface area contributed by atoms with Crippen LogP contribution >= 0.6 is 0 Å². The molecule has 1 aromatic heterocycles. The summed E-state index contributed by atoms with van der Waals surface area (Å²) < 4.78 is 1.28. The molecule has 1 saturated heterocycles. The van der Waals surface area contributed by atoms with Gasteiger partial charge in [-0.15, -0.1) is 5.10 Å². The molecule has 3 rings (SSSR count). The minimum absolute atomic E-state index is 0.0152. The molecule has 128 valence electrons. The van der Waals surface area contributed by atoms with Crippen molar-refractivity contribution in [3.63, 3.8) is 0 Å². The SMILES string of the molecule is CC(C)C(C(=O)N1CCCCCC1)n1nnc2ccccc2c1=O. The molecule has 0 bridgehead atoms. The van der Waals surface area contributed by atoms with Crippen LogP contribution < -0.4 is 5.56 Å². The molecule has 0 spiro atoms. The standard InChI is InChI=1S/C18H24N4O2/c1-13(2)16(18(24)21-11-7-3-4-8-12-21)22-17(23)14-9-5-6-10-15(14)19-20-22/h5-6,9-10,13,16H,3-4,7-8,11-12H2,1-2H3. The van der Waals surface area contributed by atoms with Crippen LogP contribution in [0.5, 0.6) is 0 Å². The van der Waals surface area contributed by atoms with Gasteiger partial charge in [0.15, 0.2) is 0 Å². The van der Waals surface area contributed by atoms with Crippen LogP contribution in [-0.4, -0.2) is 38.9 Å². The lowest BCUT2D eigenvalue weighted by atomic mass is 10.0. The Morgan fingerprint density at radius 2 is 1.75 bits per heavy atom. The van der Waals surface area contributed by atoms with Crippen LogP contribution in [0.2, 0.25) is 0 Å². The zero-order valence-electron chi connectivity index (χ0n) is 14.3. The first kappa shape index (κ1) is 16.6. The number of hydrogen-bond acceptors (Lipinski definition) is 4. The smallest absolute Gasteiger partial charge is 0.278 e. The molecule has 2 aromatic rings. The number of aromatic nitrogens is 3. The Balaban J connectivity index is 2.00. The van der Waals surface area contributed by atoms with Gasteiger partial charge < -0.3 is 4.90 Å². The Kier molecular flexibility index (Phi) is 4.92. The zero-order valence-corrected chi connectivity index (χ0v) is 14.3. The van der Waals surface area contributed by atoms with Gasteiger partial charge in [0.05, 0.1) is 5.39 Å². The van der Waals surface area contributed by atoms with E-state index in [1.54, 1.807) is 18.2 Å². The van der Waals surface area contributed by atoms with Gasteiger partial charge in [-0.05, 0) is 30.9 Å². The minimum atomic E-state index is -0.604. The van der Waals surface area contributed by atoms with Gasteiger partial charge in [0.25, 0.3) is 5.56 Å². The lowest BCUT2D eigenvalue weighted by Gasteiger charge is -2.28. The monoisotopic (exact) mass is 328 g/mol. The number of nitrogens with zero attached hydrogens (tertiary/aromatic N) is 4. The van der Waals surface area contributed by atoms with Crippen LogP contribution in [0.3, 0.4) is 0 Å². The summed E-state index contributed by atoms with van der Waals surface area (Å²) in [5.41, 5.74) is 0.311. The molecule has 1 aromatic carbocycles. The Labute approximate surface area is 141 Å². The van der Waals surface area contributed by atoms with Crippen LogP contribution in [0.15, 0.2) is 29.1 Å². The molecule has 0 saturated carbocycles. The van der Waals surface area contributed by atoms with Crippen molar-refractivity contribution < 1.29 is 4.79 Å². The number of carbonyl (C=O) groups excluding carboxylic acids is 1. The van der Waals surface area contributed by atoms with Gasteiger partial charge in [-0.3, -0.25) is 9.59 Å². The molecule has 1 unspecified atom stereocenters. The van der Waals surface area contributed by atoms with Gasteiger partial charge in [-0.25, -0.2) is 0 Å². The number of fused-ring (bicyclic) bond motifs is 1. The Hall–Kier alpha value is -2.24. The van der Waals surface area contributed by atoms with Gasteiger partial charge in [0.2, 0.25) is 5.91 Å². The second-order valence-electron chi connectivity index (χ2n) is 6.78. The first-order chi connectivity index (χ1) is 11.6. The predicted molar refractivity (Wildman–Crippen MR) is 92.7 cm³/mol. The average molecular weight is 328 g/mol. The second kappa shape index (κ2) is 7.11. The first-order valence-electron chi connectivity index (χ1n) is 8.72. The van der Waals surface area contributed by atoms with E-state index in [1.807, 2.05) is 24.8 Å². The van der Waals surface area contributed by atoms with Crippen molar-refractivity contribution in [3.05, 3.63) is 34.6 Å². The van der Waals surface area contributed by atoms with Gasteiger partial charge in [0, 0.05) is 13.1 Å². The van der Waals surface area contributed by atoms with E-state index >= 15 is 0 Å². The van der Waals surface area contributed by atoms with Crippen molar-refractivity contribution in [2.24, 2.45) is 5.92 Å². The quantitative estimate of drug-likeness (QED) is 0.867. The third-order valence-corrected chi connectivity index (χ3v) is 4.66. The highest BCUT2D eigenvalue weighted by molar-refractivity contribution is 5.81. The maximum atomic E-state index is 13.1. The zero-order chi connectivity index (χ0) is 17.1. The normalized spacial score (nSPS) is 17.0. The van der Waals surface area contributed by atoms with Crippen molar-refractivity contribution in [2.45, 2.75) is 45.6 Å². The summed E-state index contributed by atoms with van der Waals surface area (Å²) in [6, 6.07) is 6.51. The molecule has 1 amide bonds. The highest BCUT2D eigenvalue weighted by Crippen LogP contribution is 2.21. The van der Waals surface area contributed by atoms with Crippen LogP contribution in [0.4, 0.5) is 0 Å². The number of benzene rings is 1. The summed E-state index contributed by atoms with van der Waals surface area (Å²) in [7, 11) is 0. The fourth-order valence-electron chi connectivity index (χ4n) is 3.33. The molecule has 1 atom stereocenters. The fraction of sp³-hybridized carbons (Fsp3) is 0.556. The number of carbonyl (C=O) groups is 1. The molecule has 0 N–H and O–H groups in total. The average Bonchev–Trinajstić information content (AvgIpc) is 2.86. The van der Waals surface area contributed by atoms with Crippen molar-refractivity contribution in [1.82, 2.24) is 19.9 Å². The molecular weight excluding hydrogens is 304 g/mol. The van der Waals surface area contributed by atoms with E-state index in [9.17, 15) is 9.59 Å². The summed E-state index contributed by atoms with van der Waals surface area (Å²) in [5.74, 6) is -0.0486. The van der Waals surface area contributed by atoms with Crippen molar-refractivity contribution in [2.75, 3.05) is 13.1 Å². The van der Waals surface area contributed by atoms with Crippen molar-refractivity contribution in [1.29, 1.82) is 0 Å². The number of likely N-dealkylation sites (tertiary alicyclic amines) is 1. The number of rotatable bonds is 3. The fourth-order valence-corrected chi connectivity index (χ4v) is 3.33. The number of amides is 1. The molecule has 1 aliphatic heterocycles. The van der Waals surface area contributed by atoms with E-state index in [4.69, 9.17) is 0 Å². The van der Waals surface area contributed by atoms with E-state index in [0.717, 1.165) is 38.8 Å². The largest absolute Gasteiger partial charge is 0.341 e. The predicted octanol–water partition coefficient (Wildman–Crippen LogP) is 2.39. The molecule has 1 fully saturated rings. The van der Waals surface area contributed by atoms with E-state index in [0.29, 0.717) is 10.9 Å². The molecule has 2 heterocycles. The summed E-state index contributed by atoms with van der Waals surface area (Å²) in [6.07, 6.45) is 4.36. The summed E-state index contributed by atoms with van der Waals surface area (Å²) in [6.45, 7) is 5.42. The topological polar surface area (TPSA) is 68.1 Å². The van der Waals surface area contributed by atoms with Gasteiger partial charge in [0.1, 0.15) is 11.6 Å². The lowest BCUT2D eigenvalue weighted by molar-refractivity contribution is -0.136. The Morgan fingerprint density at radius 1 is 1.08 bits per heavy atom. The molecule has 0 radical (unpaired) electrons. The van der Waals surface area contributed by atoms with Gasteiger partial charge in [-0.2, -0.15) is 4.68 Å². The number of hydrogen-bond donors (Lipinski definition) is 0. The minimum Gasteiger partial charge on any atom is -0.341 e. The summed E-state index contributed by atoms with van der Waals surface area (Å²) >= 11 is 0. The van der Waals surface area contributed by atoms with Crippen LogP contribution in [0, 0.1) is 5.92 Å². The highest BCUT2D eigenvalue weighted by Gasteiger charge is 2.31. The molecule has 24 heavy (non-hydrogen) atoms. The maximum Gasteiger partial charge on any atom is 0.278 e. The second-order valence-corrected chi connectivity index (χ2v) is 6.78. The van der Waals surface area contributed by atoms with Gasteiger partial charge in [-0.1, -0.05) is 44.0 Å². The molecule has 6 nitrogen and oxygen atoms in total. The first-order valence-corrected chi connectivity index (χ1v) is 8.72. The summed E-state index contributed by atoms with van der Waals surface area (Å²) in [5, 5.41) is 8.71. The van der Waals surface area contributed by atoms with E-state index < -0.39 is 6.04 Å². The van der Waals surface area contributed by atoms with E-state index in [1.165, 1.54) is 4.68 Å². The van der Waals surface area contributed by atoms with Crippen molar-refractivity contribution in [3.8, 4) is 0 Å². The van der Waals surface area contributed by atoms with Crippen molar-refractivity contribution >= 4 is 16.8 Å². The van der Waals surface area contributed by atoms with E-state index in [2.05, 4.69) is 10.3 Å². The molecule has 1 aliphatic rings. The molecular formula is C18H24N4O2. The molecule has 0 aliphatic carbocycles. The maximum absolute atomic E-state index is 13.1. The Morgan fingerprint density at radius 3 is 2.42 bits per heavy atom. The third kappa shape index (κ3) is 3.18. The van der Waals surface area contributed by atoms with Crippen LogP contribution in [0.25, 0.3) is 10.9 Å². The van der Waals surface area contributed by atoms with E-state index in [-0.39, 0.29) is 17.4 Å². The third-order valence-electron chi connectivity index (χ3n) is 4.66. The van der Waals surface area contributed by atoms with Crippen LogP contribution in [-0.2, 0) is 4.79 Å². The summed E-state index contributed by atoms with van der Waals surface area (Å²) in [4.78, 5) is 27.8. The highest BCUT2D eigenvalue weighted by atomic mass is 16.2. The van der Waals surface area contributed by atoms with Crippen LogP contribution in [0.1, 0.15) is 45.6 Å². The van der Waals surface area contributed by atoms with Gasteiger partial charge >= 0.3 is 0 Å². The molecule has 6 heteroatoms.